The van der Waals surface area contributed by atoms with Crippen molar-refractivity contribution in [2.24, 2.45) is 0 Å². The predicted octanol–water partition coefficient (Wildman–Crippen LogP) is 2.36. The summed E-state index contributed by atoms with van der Waals surface area (Å²) < 4.78 is 4.93. The van der Waals surface area contributed by atoms with Crippen LogP contribution in [-0.4, -0.2) is 23.1 Å². The Hall–Kier alpha value is -2.11. The van der Waals surface area contributed by atoms with Crippen molar-refractivity contribution in [1.29, 1.82) is 0 Å². The number of rotatable bonds is 5. The van der Waals surface area contributed by atoms with Crippen molar-refractivity contribution in [3.05, 3.63) is 33.9 Å². The lowest BCUT2D eigenvalue weighted by atomic mass is 9.80. The number of carboxylic acids is 1. The molecule has 0 saturated carbocycles. The number of methoxy groups -OCH3 is 1. The first-order chi connectivity index (χ1) is 8.36. The second kappa shape index (κ2) is 5.03. The molecule has 6 nitrogen and oxygen atoms in total. The van der Waals surface area contributed by atoms with E-state index in [2.05, 4.69) is 0 Å². The standard InChI is InChI=1S/C12H15NO5/c1-4-12(2,11(14)15)8-5-6-9(13(16)17)10(7-8)18-3/h5-7H,4H2,1-3H3,(H,14,15). The van der Waals surface area contributed by atoms with E-state index in [0.29, 0.717) is 12.0 Å². The molecule has 1 rings (SSSR count). The van der Waals surface area contributed by atoms with Gasteiger partial charge in [-0.1, -0.05) is 13.0 Å². The van der Waals surface area contributed by atoms with E-state index >= 15 is 0 Å². The minimum Gasteiger partial charge on any atom is -0.490 e. The monoisotopic (exact) mass is 253 g/mol. The molecule has 0 amide bonds. The van der Waals surface area contributed by atoms with E-state index in [4.69, 9.17) is 4.74 Å². The van der Waals surface area contributed by atoms with Gasteiger partial charge in [0.2, 0.25) is 0 Å². The number of hydrogen-bond donors (Lipinski definition) is 1. The Morgan fingerprint density at radius 3 is 2.56 bits per heavy atom. The molecule has 98 valence electrons. The van der Waals surface area contributed by atoms with Gasteiger partial charge in [0.15, 0.2) is 5.75 Å². The molecule has 0 aliphatic rings. The highest BCUT2D eigenvalue weighted by atomic mass is 16.6. The van der Waals surface area contributed by atoms with Crippen LogP contribution in [-0.2, 0) is 10.2 Å². The third-order valence-electron chi connectivity index (χ3n) is 3.19. The Labute approximate surface area is 104 Å². The van der Waals surface area contributed by atoms with Crippen molar-refractivity contribution in [2.75, 3.05) is 7.11 Å². The largest absolute Gasteiger partial charge is 0.490 e. The van der Waals surface area contributed by atoms with Gasteiger partial charge in [-0.25, -0.2) is 0 Å². The van der Waals surface area contributed by atoms with Crippen molar-refractivity contribution in [2.45, 2.75) is 25.7 Å². The fourth-order valence-electron chi connectivity index (χ4n) is 1.65. The fourth-order valence-corrected chi connectivity index (χ4v) is 1.65. The normalized spacial score (nSPS) is 13.7. The molecular weight excluding hydrogens is 238 g/mol. The molecule has 1 aromatic carbocycles. The number of aliphatic carboxylic acids is 1. The Kier molecular flexibility index (Phi) is 3.90. The van der Waals surface area contributed by atoms with Gasteiger partial charge in [-0.2, -0.15) is 0 Å². The Morgan fingerprint density at radius 2 is 2.17 bits per heavy atom. The summed E-state index contributed by atoms with van der Waals surface area (Å²) in [6.45, 7) is 3.33. The van der Waals surface area contributed by atoms with Crippen molar-refractivity contribution >= 4 is 11.7 Å². The average molecular weight is 253 g/mol. The van der Waals surface area contributed by atoms with Crippen LogP contribution in [0.1, 0.15) is 25.8 Å². The second-order valence-electron chi connectivity index (χ2n) is 4.13. The second-order valence-corrected chi connectivity index (χ2v) is 4.13. The topological polar surface area (TPSA) is 89.7 Å². The average Bonchev–Trinajstić information content (AvgIpc) is 2.36. The molecule has 1 N–H and O–H groups in total. The molecule has 1 aromatic rings. The van der Waals surface area contributed by atoms with Gasteiger partial charge in [-0.15, -0.1) is 0 Å². The van der Waals surface area contributed by atoms with Crippen LogP contribution in [0.4, 0.5) is 5.69 Å². The van der Waals surface area contributed by atoms with Crippen LogP contribution in [0.25, 0.3) is 0 Å². The molecule has 1 atom stereocenters. The van der Waals surface area contributed by atoms with E-state index in [1.54, 1.807) is 13.8 Å². The van der Waals surface area contributed by atoms with Gasteiger partial charge in [0.25, 0.3) is 0 Å². The summed E-state index contributed by atoms with van der Waals surface area (Å²) in [5.41, 5.74) is -0.771. The molecule has 0 spiro atoms. The zero-order chi connectivity index (χ0) is 13.9. The lowest BCUT2D eigenvalue weighted by Crippen LogP contribution is -2.31. The lowest BCUT2D eigenvalue weighted by molar-refractivity contribution is -0.385. The van der Waals surface area contributed by atoms with Gasteiger partial charge in [-0.3, -0.25) is 14.9 Å². The van der Waals surface area contributed by atoms with E-state index in [1.165, 1.54) is 25.3 Å². The molecule has 0 aromatic heterocycles. The fraction of sp³-hybridized carbons (Fsp3) is 0.417. The quantitative estimate of drug-likeness (QED) is 0.642. The number of hydrogen-bond acceptors (Lipinski definition) is 4. The molecule has 0 aliphatic carbocycles. The first-order valence-electron chi connectivity index (χ1n) is 5.43. The van der Waals surface area contributed by atoms with E-state index in [-0.39, 0.29) is 11.4 Å². The number of ether oxygens (including phenoxy) is 1. The van der Waals surface area contributed by atoms with Crippen LogP contribution < -0.4 is 4.74 Å². The van der Waals surface area contributed by atoms with Gasteiger partial charge in [-0.05, 0) is 25.0 Å². The molecule has 18 heavy (non-hydrogen) atoms. The SMILES string of the molecule is CCC(C)(C(=O)O)c1ccc([N+](=O)[O-])c(OC)c1. The van der Waals surface area contributed by atoms with Crippen molar-refractivity contribution in [1.82, 2.24) is 0 Å². The lowest BCUT2D eigenvalue weighted by Gasteiger charge is -2.23. The van der Waals surface area contributed by atoms with Gasteiger partial charge < -0.3 is 9.84 Å². The maximum atomic E-state index is 11.3. The number of benzene rings is 1. The highest BCUT2D eigenvalue weighted by Gasteiger charge is 2.34. The van der Waals surface area contributed by atoms with Crippen LogP contribution >= 0.6 is 0 Å². The number of nitrogens with zero attached hydrogens (tertiary/aromatic N) is 1. The third-order valence-corrected chi connectivity index (χ3v) is 3.19. The van der Waals surface area contributed by atoms with Crippen LogP contribution in [0.3, 0.4) is 0 Å². The molecule has 0 saturated heterocycles. The molecule has 0 bridgehead atoms. The minimum atomic E-state index is -1.08. The summed E-state index contributed by atoms with van der Waals surface area (Å²) in [6.07, 6.45) is 0.378. The van der Waals surface area contributed by atoms with Crippen LogP contribution in [0.15, 0.2) is 18.2 Å². The van der Waals surface area contributed by atoms with Gasteiger partial charge in [0.05, 0.1) is 17.4 Å². The molecule has 6 heteroatoms. The smallest absolute Gasteiger partial charge is 0.313 e. The molecule has 0 fully saturated rings. The van der Waals surface area contributed by atoms with Crippen molar-refractivity contribution in [3.8, 4) is 5.75 Å². The van der Waals surface area contributed by atoms with Crippen LogP contribution in [0.5, 0.6) is 5.75 Å². The first-order valence-corrected chi connectivity index (χ1v) is 5.43. The zero-order valence-electron chi connectivity index (χ0n) is 10.5. The molecule has 0 heterocycles. The van der Waals surface area contributed by atoms with Gasteiger partial charge >= 0.3 is 11.7 Å². The number of nitro benzene ring substituents is 1. The number of nitro groups is 1. The van der Waals surface area contributed by atoms with E-state index in [9.17, 15) is 20.0 Å². The van der Waals surface area contributed by atoms with Crippen LogP contribution in [0, 0.1) is 10.1 Å². The molecular formula is C12H15NO5. The molecule has 0 radical (unpaired) electrons. The highest BCUT2D eigenvalue weighted by molar-refractivity contribution is 5.81. The maximum Gasteiger partial charge on any atom is 0.313 e. The maximum absolute atomic E-state index is 11.3. The van der Waals surface area contributed by atoms with E-state index in [1.807, 2.05) is 0 Å². The number of carboxylic acid groups (broad SMARTS) is 1. The third kappa shape index (κ3) is 2.27. The summed E-state index contributed by atoms with van der Waals surface area (Å²) in [6, 6.07) is 4.14. The summed E-state index contributed by atoms with van der Waals surface area (Å²) in [4.78, 5) is 21.5. The zero-order valence-corrected chi connectivity index (χ0v) is 10.5. The van der Waals surface area contributed by atoms with Gasteiger partial charge in [0.1, 0.15) is 0 Å². The minimum absolute atomic E-state index is 0.0680. The summed E-state index contributed by atoms with van der Waals surface area (Å²) in [7, 11) is 1.32. The summed E-state index contributed by atoms with van der Waals surface area (Å²) in [5, 5.41) is 20.0. The molecule has 0 aliphatic heterocycles. The van der Waals surface area contributed by atoms with Gasteiger partial charge in [0, 0.05) is 6.07 Å². The Morgan fingerprint density at radius 1 is 1.56 bits per heavy atom. The van der Waals surface area contributed by atoms with Crippen molar-refractivity contribution < 1.29 is 19.6 Å². The highest BCUT2D eigenvalue weighted by Crippen LogP contribution is 2.35. The Balaban J connectivity index is 3.36. The predicted molar refractivity (Wildman–Crippen MR) is 64.9 cm³/mol. The summed E-state index contributed by atoms with van der Waals surface area (Å²) in [5.74, 6) is -0.903. The van der Waals surface area contributed by atoms with Crippen molar-refractivity contribution in [3.63, 3.8) is 0 Å². The first kappa shape index (κ1) is 14.0. The summed E-state index contributed by atoms with van der Waals surface area (Å²) >= 11 is 0. The number of carbonyl (C=O) groups is 1. The van der Waals surface area contributed by atoms with E-state index in [0.717, 1.165) is 0 Å². The molecule has 1 unspecified atom stereocenters. The van der Waals surface area contributed by atoms with Crippen LogP contribution in [0.2, 0.25) is 0 Å². The van der Waals surface area contributed by atoms with E-state index < -0.39 is 16.3 Å². The Bertz CT molecular complexity index is 485.